The Labute approximate surface area is 165 Å². The lowest BCUT2D eigenvalue weighted by Gasteiger charge is -2.24. The van der Waals surface area contributed by atoms with E-state index in [4.69, 9.17) is 14.2 Å². The molecular formula is C18H26N2O7S. The molecule has 1 heterocycles. The van der Waals surface area contributed by atoms with Crippen molar-refractivity contribution in [1.29, 1.82) is 0 Å². The van der Waals surface area contributed by atoms with Crippen molar-refractivity contribution in [3.8, 4) is 5.75 Å². The maximum Gasteiger partial charge on any atom is 0.325 e. The Morgan fingerprint density at radius 1 is 1.25 bits per heavy atom. The molecule has 1 saturated heterocycles. The van der Waals surface area contributed by atoms with Gasteiger partial charge in [-0.2, -0.15) is 4.31 Å². The average Bonchev–Trinajstić information content (AvgIpc) is 3.19. The summed E-state index contributed by atoms with van der Waals surface area (Å²) in [6, 6.07) is 4.99. The smallest absolute Gasteiger partial charge is 0.325 e. The van der Waals surface area contributed by atoms with Gasteiger partial charge in [-0.25, -0.2) is 8.42 Å². The molecule has 156 valence electrons. The number of hydrogen-bond acceptors (Lipinski definition) is 7. The summed E-state index contributed by atoms with van der Waals surface area (Å²) in [5.41, 5.74) is 0. The third-order valence-corrected chi connectivity index (χ3v) is 6.33. The summed E-state index contributed by atoms with van der Waals surface area (Å²) in [7, 11) is -0.875. The summed E-state index contributed by atoms with van der Waals surface area (Å²) in [6.07, 6.45) is -0.161. The van der Waals surface area contributed by atoms with Gasteiger partial charge in [0.2, 0.25) is 10.0 Å². The summed E-state index contributed by atoms with van der Waals surface area (Å²) in [5, 5.41) is 2.57. The molecule has 10 heteroatoms. The van der Waals surface area contributed by atoms with Gasteiger partial charge in [0, 0.05) is 20.2 Å². The van der Waals surface area contributed by atoms with Crippen LogP contribution in [0.5, 0.6) is 5.75 Å². The Bertz CT molecular complexity index is 780. The van der Waals surface area contributed by atoms with Gasteiger partial charge in [0.25, 0.3) is 5.91 Å². The number of ether oxygens (including phenoxy) is 3. The average molecular weight is 414 g/mol. The number of nitrogens with one attached hydrogen (secondary N) is 1. The number of nitrogens with zero attached hydrogens (tertiary/aromatic N) is 1. The molecule has 0 radical (unpaired) electrons. The first-order valence-electron chi connectivity index (χ1n) is 8.94. The molecule has 9 nitrogen and oxygen atoms in total. The van der Waals surface area contributed by atoms with E-state index in [0.717, 1.165) is 4.31 Å². The summed E-state index contributed by atoms with van der Waals surface area (Å²) >= 11 is 0. The molecule has 0 aromatic heterocycles. The third kappa shape index (κ3) is 5.21. The molecule has 0 saturated carbocycles. The first-order valence-corrected chi connectivity index (χ1v) is 10.4. The topological polar surface area (TPSA) is 111 Å². The Morgan fingerprint density at radius 3 is 2.54 bits per heavy atom. The van der Waals surface area contributed by atoms with Gasteiger partial charge < -0.3 is 19.5 Å². The first-order chi connectivity index (χ1) is 13.3. The highest BCUT2D eigenvalue weighted by Gasteiger charge is 2.41. The number of sulfonamides is 1. The van der Waals surface area contributed by atoms with Crippen LogP contribution in [0.15, 0.2) is 29.2 Å². The largest absolute Gasteiger partial charge is 0.497 e. The highest BCUT2D eigenvalue weighted by molar-refractivity contribution is 7.89. The molecular weight excluding hydrogens is 388 g/mol. The molecule has 0 unspecified atom stereocenters. The van der Waals surface area contributed by atoms with Crippen LogP contribution in [0.4, 0.5) is 0 Å². The van der Waals surface area contributed by atoms with E-state index < -0.39 is 34.0 Å². The second-order valence-corrected chi connectivity index (χ2v) is 8.20. The zero-order valence-corrected chi connectivity index (χ0v) is 17.0. The number of carbonyl (C=O) groups excluding carboxylic acids is 2. The van der Waals surface area contributed by atoms with Crippen molar-refractivity contribution in [2.75, 3.05) is 33.9 Å². The summed E-state index contributed by atoms with van der Waals surface area (Å²) in [5.74, 6) is -0.665. The molecule has 1 aromatic rings. The maximum atomic E-state index is 12.9. The van der Waals surface area contributed by atoms with E-state index in [-0.39, 0.29) is 11.4 Å². The number of methoxy groups -OCH3 is 2. The molecule has 1 aromatic carbocycles. The number of benzene rings is 1. The van der Waals surface area contributed by atoms with Crippen LogP contribution < -0.4 is 10.1 Å². The number of hydrogen-bond donors (Lipinski definition) is 1. The van der Waals surface area contributed by atoms with Crippen molar-refractivity contribution in [3.05, 3.63) is 24.3 Å². The minimum Gasteiger partial charge on any atom is -0.497 e. The fourth-order valence-electron chi connectivity index (χ4n) is 2.87. The van der Waals surface area contributed by atoms with Gasteiger partial charge in [0.1, 0.15) is 11.8 Å². The fraction of sp³-hybridized carbons (Fsp3) is 0.556. The zero-order valence-electron chi connectivity index (χ0n) is 16.2. The van der Waals surface area contributed by atoms with Crippen LogP contribution in [0, 0.1) is 0 Å². The predicted octanol–water partition coefficient (Wildman–Crippen LogP) is 0.543. The second-order valence-electron chi connectivity index (χ2n) is 6.31. The van der Waals surface area contributed by atoms with Crippen LogP contribution in [-0.4, -0.2) is 70.7 Å². The van der Waals surface area contributed by atoms with Gasteiger partial charge in [0.05, 0.1) is 18.6 Å². The fourth-order valence-corrected chi connectivity index (χ4v) is 4.52. The minimum absolute atomic E-state index is 0.0679. The van der Waals surface area contributed by atoms with E-state index in [1.54, 1.807) is 12.1 Å². The third-order valence-electron chi connectivity index (χ3n) is 4.41. The molecule has 0 spiro atoms. The van der Waals surface area contributed by atoms with E-state index in [1.807, 2.05) is 0 Å². The van der Waals surface area contributed by atoms with E-state index in [2.05, 4.69) is 5.32 Å². The standard InChI is InChI=1S/C18H26N2O7S/c1-13(17(21)19-10-12-25-2)27-18(22)16-5-4-11-20(16)28(23,24)15-8-6-14(26-3)7-9-15/h6-9,13,16H,4-5,10-12H2,1-3H3,(H,19,21)/t13-,16+/m1/s1. The number of esters is 1. The number of amides is 1. The van der Waals surface area contributed by atoms with Gasteiger partial charge in [-0.3, -0.25) is 9.59 Å². The first kappa shape index (κ1) is 22.1. The Balaban J connectivity index is 2.06. The molecule has 2 rings (SSSR count). The molecule has 2 atom stereocenters. The van der Waals surface area contributed by atoms with Crippen LogP contribution >= 0.6 is 0 Å². The van der Waals surface area contributed by atoms with Gasteiger partial charge in [-0.05, 0) is 44.0 Å². The normalized spacial score (nSPS) is 18.5. The molecule has 1 fully saturated rings. The van der Waals surface area contributed by atoms with Crippen LogP contribution in [0.25, 0.3) is 0 Å². The van der Waals surface area contributed by atoms with Crippen LogP contribution in [0.3, 0.4) is 0 Å². The lowest BCUT2D eigenvalue weighted by molar-refractivity contribution is -0.157. The Morgan fingerprint density at radius 2 is 1.93 bits per heavy atom. The van der Waals surface area contributed by atoms with Crippen molar-refractivity contribution in [1.82, 2.24) is 9.62 Å². The monoisotopic (exact) mass is 414 g/mol. The SMILES string of the molecule is COCCNC(=O)[C@@H](C)OC(=O)[C@@H]1CCCN1S(=O)(=O)c1ccc(OC)cc1. The van der Waals surface area contributed by atoms with Crippen molar-refractivity contribution >= 4 is 21.9 Å². The molecule has 28 heavy (non-hydrogen) atoms. The second kappa shape index (κ2) is 9.85. The van der Waals surface area contributed by atoms with Gasteiger partial charge >= 0.3 is 5.97 Å². The molecule has 1 aliphatic rings. The summed E-state index contributed by atoms with van der Waals surface area (Å²) in [4.78, 5) is 24.5. The Kier molecular flexibility index (Phi) is 7.78. The highest BCUT2D eigenvalue weighted by atomic mass is 32.2. The van der Waals surface area contributed by atoms with E-state index in [1.165, 1.54) is 33.3 Å². The van der Waals surface area contributed by atoms with Crippen molar-refractivity contribution in [2.24, 2.45) is 0 Å². The van der Waals surface area contributed by atoms with Gasteiger partial charge in [-0.15, -0.1) is 0 Å². The van der Waals surface area contributed by atoms with Crippen LogP contribution in [-0.2, 0) is 29.1 Å². The van der Waals surface area contributed by atoms with Crippen molar-refractivity contribution in [3.63, 3.8) is 0 Å². The van der Waals surface area contributed by atoms with Crippen LogP contribution in [0.1, 0.15) is 19.8 Å². The minimum atomic E-state index is -3.87. The van der Waals surface area contributed by atoms with Gasteiger partial charge in [-0.1, -0.05) is 0 Å². The molecule has 0 bridgehead atoms. The van der Waals surface area contributed by atoms with Crippen molar-refractivity contribution in [2.45, 2.75) is 36.8 Å². The molecule has 1 aliphatic heterocycles. The lowest BCUT2D eigenvalue weighted by atomic mass is 10.2. The summed E-state index contributed by atoms with van der Waals surface area (Å²) in [6.45, 7) is 2.28. The van der Waals surface area contributed by atoms with Gasteiger partial charge in [0.15, 0.2) is 6.10 Å². The quantitative estimate of drug-likeness (QED) is 0.464. The molecule has 1 N–H and O–H groups in total. The highest BCUT2D eigenvalue weighted by Crippen LogP contribution is 2.28. The molecule has 0 aliphatic carbocycles. The van der Waals surface area contributed by atoms with E-state index >= 15 is 0 Å². The van der Waals surface area contributed by atoms with Crippen LogP contribution in [0.2, 0.25) is 0 Å². The predicted molar refractivity (Wildman–Crippen MR) is 100 cm³/mol. The summed E-state index contributed by atoms with van der Waals surface area (Å²) < 4.78 is 42.1. The van der Waals surface area contributed by atoms with Crippen molar-refractivity contribution < 1.29 is 32.2 Å². The molecule has 1 amide bonds. The lowest BCUT2D eigenvalue weighted by Crippen LogP contribution is -2.44. The maximum absolute atomic E-state index is 12.9. The zero-order chi connectivity index (χ0) is 20.7. The Hall–Kier alpha value is -2.17. The number of carbonyl (C=O) groups is 2. The van der Waals surface area contributed by atoms with E-state index in [9.17, 15) is 18.0 Å². The van der Waals surface area contributed by atoms with E-state index in [0.29, 0.717) is 31.7 Å². The number of rotatable bonds is 9.